The maximum Gasteiger partial charge on any atom is 0.0412 e. The third-order valence-electron chi connectivity index (χ3n) is 2.70. The van der Waals surface area contributed by atoms with Crippen molar-refractivity contribution in [2.45, 2.75) is 31.3 Å². The van der Waals surface area contributed by atoms with E-state index in [0.29, 0.717) is 12.1 Å². The second-order valence-corrected chi connectivity index (χ2v) is 3.71. The van der Waals surface area contributed by atoms with Crippen molar-refractivity contribution in [2.75, 3.05) is 5.32 Å². The highest BCUT2D eigenvalue weighted by Crippen LogP contribution is 2.21. The molecular weight excluding hydrogens is 160 g/mol. The molecule has 0 unspecified atom stereocenters. The van der Waals surface area contributed by atoms with Crippen molar-refractivity contribution in [2.24, 2.45) is 5.73 Å². The minimum atomic E-state index is 0.334. The number of nitrogens with two attached hydrogens (primary N) is 1. The Morgan fingerprint density at radius 2 is 1.92 bits per heavy atom. The van der Waals surface area contributed by atoms with Crippen LogP contribution in [0.5, 0.6) is 0 Å². The molecule has 0 aromatic heterocycles. The van der Waals surface area contributed by atoms with Gasteiger partial charge in [-0.25, -0.2) is 0 Å². The lowest BCUT2D eigenvalue weighted by molar-refractivity contribution is 0.638. The molecule has 0 aliphatic heterocycles. The maximum atomic E-state index is 5.96. The molecule has 1 saturated carbocycles. The van der Waals surface area contributed by atoms with E-state index in [-0.39, 0.29) is 0 Å². The molecule has 0 amide bonds. The summed E-state index contributed by atoms with van der Waals surface area (Å²) in [5.41, 5.74) is 7.15. The Morgan fingerprint density at radius 1 is 1.15 bits per heavy atom. The van der Waals surface area contributed by atoms with Crippen molar-refractivity contribution < 1.29 is 0 Å². The van der Waals surface area contributed by atoms with Gasteiger partial charge in [0.15, 0.2) is 0 Å². The number of benzene rings is 1. The van der Waals surface area contributed by atoms with Gasteiger partial charge in [-0.2, -0.15) is 0 Å². The first-order valence-electron chi connectivity index (χ1n) is 4.93. The maximum absolute atomic E-state index is 5.96. The molecule has 1 aliphatic carbocycles. The largest absolute Gasteiger partial charge is 0.381 e. The zero-order valence-corrected chi connectivity index (χ0v) is 7.74. The molecule has 1 aromatic rings. The second kappa shape index (κ2) is 3.79. The minimum Gasteiger partial charge on any atom is -0.381 e. The van der Waals surface area contributed by atoms with Crippen LogP contribution in [0.1, 0.15) is 19.3 Å². The van der Waals surface area contributed by atoms with Gasteiger partial charge in [0, 0.05) is 17.8 Å². The zero-order valence-electron chi connectivity index (χ0n) is 7.74. The van der Waals surface area contributed by atoms with Crippen LogP contribution in [0.15, 0.2) is 30.3 Å². The molecule has 1 aromatic carbocycles. The summed E-state index contributed by atoms with van der Waals surface area (Å²) < 4.78 is 0. The monoisotopic (exact) mass is 176 g/mol. The molecule has 3 N–H and O–H groups in total. The summed E-state index contributed by atoms with van der Waals surface area (Å²) in [5, 5.41) is 3.47. The molecule has 0 radical (unpaired) electrons. The molecule has 0 saturated heterocycles. The van der Waals surface area contributed by atoms with E-state index in [1.54, 1.807) is 0 Å². The summed E-state index contributed by atoms with van der Waals surface area (Å²) in [5.74, 6) is 0. The first kappa shape index (κ1) is 8.57. The highest BCUT2D eigenvalue weighted by molar-refractivity contribution is 5.43. The van der Waals surface area contributed by atoms with Gasteiger partial charge in [0.1, 0.15) is 0 Å². The Labute approximate surface area is 79.1 Å². The summed E-state index contributed by atoms with van der Waals surface area (Å²) in [6.07, 6.45) is 3.62. The van der Waals surface area contributed by atoms with Gasteiger partial charge < -0.3 is 11.1 Å². The molecule has 70 valence electrons. The lowest BCUT2D eigenvalue weighted by Gasteiger charge is -2.18. The fourth-order valence-electron chi connectivity index (χ4n) is 1.92. The molecule has 0 heterocycles. The Hall–Kier alpha value is -1.02. The van der Waals surface area contributed by atoms with E-state index in [0.717, 1.165) is 6.42 Å². The average molecular weight is 176 g/mol. The summed E-state index contributed by atoms with van der Waals surface area (Å²) >= 11 is 0. The number of para-hydroxylation sites is 1. The topological polar surface area (TPSA) is 38.0 Å². The first-order valence-corrected chi connectivity index (χ1v) is 4.93. The fraction of sp³-hybridized carbons (Fsp3) is 0.455. The van der Waals surface area contributed by atoms with E-state index in [2.05, 4.69) is 17.4 Å². The van der Waals surface area contributed by atoms with Gasteiger partial charge in [0.05, 0.1) is 0 Å². The Morgan fingerprint density at radius 3 is 2.54 bits per heavy atom. The first-order chi connectivity index (χ1) is 6.36. The second-order valence-electron chi connectivity index (χ2n) is 3.71. The molecule has 2 rings (SSSR count). The van der Waals surface area contributed by atoms with Crippen LogP contribution >= 0.6 is 0 Å². The smallest absolute Gasteiger partial charge is 0.0412 e. The molecule has 2 nitrogen and oxygen atoms in total. The third-order valence-corrected chi connectivity index (χ3v) is 2.70. The number of nitrogens with one attached hydrogen (secondary N) is 1. The Balaban J connectivity index is 1.98. The van der Waals surface area contributed by atoms with Gasteiger partial charge in [-0.3, -0.25) is 0 Å². The molecule has 0 spiro atoms. The molecule has 1 fully saturated rings. The van der Waals surface area contributed by atoms with Gasteiger partial charge in [0.2, 0.25) is 0 Å². The Kier molecular flexibility index (Phi) is 2.50. The quantitative estimate of drug-likeness (QED) is 0.723. The standard InChI is InChI=1S/C11H16N2/c12-10-7-4-8-11(10)13-9-5-2-1-3-6-9/h1-3,5-6,10-11,13H,4,7-8,12H2/t10-,11+/m0/s1. The molecule has 1 aliphatic rings. The van der Waals surface area contributed by atoms with Gasteiger partial charge >= 0.3 is 0 Å². The van der Waals surface area contributed by atoms with Crippen molar-refractivity contribution >= 4 is 5.69 Å². The van der Waals surface area contributed by atoms with Crippen LogP contribution < -0.4 is 11.1 Å². The van der Waals surface area contributed by atoms with Crippen LogP contribution in [0.4, 0.5) is 5.69 Å². The van der Waals surface area contributed by atoms with Crippen LogP contribution in [0.25, 0.3) is 0 Å². The molecule has 0 bridgehead atoms. The summed E-state index contributed by atoms with van der Waals surface area (Å²) in [6, 6.07) is 11.1. The predicted octanol–water partition coefficient (Wildman–Crippen LogP) is 1.98. The molecular formula is C11H16N2. The molecule has 2 atom stereocenters. The van der Waals surface area contributed by atoms with Crippen LogP contribution in [0.3, 0.4) is 0 Å². The van der Waals surface area contributed by atoms with E-state index in [1.807, 2.05) is 18.2 Å². The van der Waals surface area contributed by atoms with Crippen LogP contribution in [-0.4, -0.2) is 12.1 Å². The Bertz CT molecular complexity index is 258. The predicted molar refractivity (Wildman–Crippen MR) is 55.7 cm³/mol. The zero-order chi connectivity index (χ0) is 9.10. The van der Waals surface area contributed by atoms with Gasteiger partial charge in [0.25, 0.3) is 0 Å². The van der Waals surface area contributed by atoms with E-state index in [4.69, 9.17) is 5.73 Å². The fourth-order valence-corrected chi connectivity index (χ4v) is 1.92. The van der Waals surface area contributed by atoms with Crippen LogP contribution in [0, 0.1) is 0 Å². The van der Waals surface area contributed by atoms with E-state index < -0.39 is 0 Å². The van der Waals surface area contributed by atoms with Crippen LogP contribution in [-0.2, 0) is 0 Å². The van der Waals surface area contributed by atoms with Gasteiger partial charge in [-0.15, -0.1) is 0 Å². The number of hydrogen-bond acceptors (Lipinski definition) is 2. The van der Waals surface area contributed by atoms with Gasteiger partial charge in [-0.05, 0) is 31.4 Å². The third kappa shape index (κ3) is 2.01. The van der Waals surface area contributed by atoms with E-state index in [9.17, 15) is 0 Å². The normalized spacial score (nSPS) is 27.5. The number of hydrogen-bond donors (Lipinski definition) is 2. The lowest BCUT2D eigenvalue weighted by atomic mass is 10.2. The van der Waals surface area contributed by atoms with Crippen LogP contribution in [0.2, 0.25) is 0 Å². The van der Waals surface area contributed by atoms with Crippen molar-refractivity contribution in [3.05, 3.63) is 30.3 Å². The summed E-state index contributed by atoms with van der Waals surface area (Å²) in [7, 11) is 0. The SMILES string of the molecule is N[C@H]1CCC[C@H]1Nc1ccccc1. The number of rotatable bonds is 2. The van der Waals surface area contributed by atoms with Gasteiger partial charge in [-0.1, -0.05) is 18.2 Å². The number of anilines is 1. The minimum absolute atomic E-state index is 0.334. The summed E-state index contributed by atoms with van der Waals surface area (Å²) in [6.45, 7) is 0. The van der Waals surface area contributed by atoms with E-state index in [1.165, 1.54) is 18.5 Å². The van der Waals surface area contributed by atoms with Crippen molar-refractivity contribution in [3.63, 3.8) is 0 Å². The highest BCUT2D eigenvalue weighted by Gasteiger charge is 2.23. The lowest BCUT2D eigenvalue weighted by Crippen LogP contribution is -2.35. The summed E-state index contributed by atoms with van der Waals surface area (Å²) in [4.78, 5) is 0. The molecule has 13 heavy (non-hydrogen) atoms. The van der Waals surface area contributed by atoms with Crippen molar-refractivity contribution in [1.29, 1.82) is 0 Å². The van der Waals surface area contributed by atoms with Crippen molar-refractivity contribution in [3.8, 4) is 0 Å². The highest BCUT2D eigenvalue weighted by atomic mass is 15.0. The van der Waals surface area contributed by atoms with Crippen molar-refractivity contribution in [1.82, 2.24) is 0 Å². The molecule has 2 heteroatoms. The average Bonchev–Trinajstić information content (AvgIpc) is 2.54. The van der Waals surface area contributed by atoms with E-state index >= 15 is 0 Å².